The lowest BCUT2D eigenvalue weighted by molar-refractivity contribution is 0.0954. The van der Waals surface area contributed by atoms with Crippen molar-refractivity contribution in [1.82, 2.24) is 5.43 Å². The van der Waals surface area contributed by atoms with Crippen LogP contribution in [0.1, 0.15) is 32.6 Å². The predicted octanol–water partition coefficient (Wildman–Crippen LogP) is 4.86. The molecule has 0 radical (unpaired) electrons. The van der Waals surface area contributed by atoms with Gasteiger partial charge in [0, 0.05) is 16.1 Å². The number of benzene rings is 3. The summed E-state index contributed by atoms with van der Waals surface area (Å²) in [6.45, 7) is 2.15. The normalized spacial score (nSPS) is 10.5. The second-order valence-electron chi connectivity index (χ2n) is 6.30. The van der Waals surface area contributed by atoms with E-state index in [4.69, 9.17) is 21.6 Å². The molecule has 1 N–H and O–H groups in total. The van der Waals surface area contributed by atoms with Gasteiger partial charge >= 0.3 is 0 Å². The standard InChI is InChI=1S/C23H18ClN3O2/c1-16-5-2-3-8-21(16)23(28)27-26-14-19-12-20(24)9-10-22(19)29-15-18-7-4-6-17(11-18)13-25/h2-12,14H,15H2,1H3,(H,27,28)/b26-14-. The molecule has 0 bridgehead atoms. The van der Waals surface area contributed by atoms with Gasteiger partial charge in [-0.3, -0.25) is 4.79 Å². The molecule has 0 spiro atoms. The van der Waals surface area contributed by atoms with Gasteiger partial charge in [0.1, 0.15) is 12.4 Å². The highest BCUT2D eigenvalue weighted by atomic mass is 35.5. The molecule has 0 aromatic heterocycles. The maximum absolute atomic E-state index is 12.3. The first-order valence-corrected chi connectivity index (χ1v) is 9.25. The lowest BCUT2D eigenvalue weighted by Gasteiger charge is -2.10. The van der Waals surface area contributed by atoms with Crippen LogP contribution in [0.25, 0.3) is 0 Å². The zero-order chi connectivity index (χ0) is 20.6. The molecule has 0 aliphatic heterocycles. The number of rotatable bonds is 6. The lowest BCUT2D eigenvalue weighted by atomic mass is 10.1. The number of aryl methyl sites for hydroxylation is 1. The minimum absolute atomic E-state index is 0.285. The highest BCUT2D eigenvalue weighted by Gasteiger charge is 2.08. The van der Waals surface area contributed by atoms with Crippen LogP contribution < -0.4 is 10.2 Å². The summed E-state index contributed by atoms with van der Waals surface area (Å²) < 4.78 is 5.87. The number of hydrazone groups is 1. The fraction of sp³-hybridized carbons (Fsp3) is 0.0870. The molecule has 29 heavy (non-hydrogen) atoms. The molecule has 0 unspecified atom stereocenters. The van der Waals surface area contributed by atoms with Crippen molar-refractivity contribution in [1.29, 1.82) is 5.26 Å². The second-order valence-corrected chi connectivity index (χ2v) is 6.73. The van der Waals surface area contributed by atoms with E-state index in [2.05, 4.69) is 16.6 Å². The molecule has 0 atom stereocenters. The third-order valence-corrected chi connectivity index (χ3v) is 4.42. The van der Waals surface area contributed by atoms with Crippen LogP contribution in [0.15, 0.2) is 71.8 Å². The van der Waals surface area contributed by atoms with Crippen LogP contribution in [0.5, 0.6) is 5.75 Å². The fourth-order valence-corrected chi connectivity index (χ4v) is 2.87. The van der Waals surface area contributed by atoms with E-state index < -0.39 is 0 Å². The zero-order valence-electron chi connectivity index (χ0n) is 15.7. The highest BCUT2D eigenvalue weighted by Crippen LogP contribution is 2.22. The minimum Gasteiger partial charge on any atom is -0.488 e. The molecular weight excluding hydrogens is 386 g/mol. The number of halogens is 1. The van der Waals surface area contributed by atoms with Crippen LogP contribution in [0.2, 0.25) is 5.02 Å². The van der Waals surface area contributed by atoms with Gasteiger partial charge in [0.15, 0.2) is 0 Å². The SMILES string of the molecule is Cc1ccccc1C(=O)N/N=C\c1cc(Cl)ccc1OCc1cccc(C#N)c1. The third kappa shape index (κ3) is 5.44. The second kappa shape index (κ2) is 9.54. The Hall–Kier alpha value is -3.62. The number of hydrogen-bond acceptors (Lipinski definition) is 4. The van der Waals surface area contributed by atoms with Gasteiger partial charge in [-0.05, 0) is 54.4 Å². The molecule has 0 heterocycles. The van der Waals surface area contributed by atoms with Crippen molar-refractivity contribution in [3.63, 3.8) is 0 Å². The molecule has 0 aliphatic rings. The Bertz CT molecular complexity index is 1100. The average Bonchev–Trinajstić information content (AvgIpc) is 2.73. The topological polar surface area (TPSA) is 74.5 Å². The molecule has 1 amide bonds. The van der Waals surface area contributed by atoms with Crippen molar-refractivity contribution in [3.05, 3.63) is 99.6 Å². The average molecular weight is 404 g/mol. The molecule has 6 heteroatoms. The van der Waals surface area contributed by atoms with E-state index in [1.165, 1.54) is 6.21 Å². The number of amides is 1. The van der Waals surface area contributed by atoms with Crippen molar-refractivity contribution in [2.75, 3.05) is 0 Å². The highest BCUT2D eigenvalue weighted by molar-refractivity contribution is 6.30. The zero-order valence-corrected chi connectivity index (χ0v) is 16.5. The molecule has 0 saturated heterocycles. The summed E-state index contributed by atoms with van der Waals surface area (Å²) >= 11 is 6.09. The summed E-state index contributed by atoms with van der Waals surface area (Å²) in [5.41, 5.74) is 6.01. The Morgan fingerprint density at radius 2 is 2.00 bits per heavy atom. The van der Waals surface area contributed by atoms with Crippen LogP contribution in [-0.4, -0.2) is 12.1 Å². The third-order valence-electron chi connectivity index (χ3n) is 4.18. The number of nitrogens with zero attached hydrogens (tertiary/aromatic N) is 2. The number of carbonyl (C=O) groups is 1. The van der Waals surface area contributed by atoms with Crippen molar-refractivity contribution in [3.8, 4) is 11.8 Å². The molecule has 3 rings (SSSR count). The largest absolute Gasteiger partial charge is 0.488 e. The Morgan fingerprint density at radius 3 is 2.79 bits per heavy atom. The smallest absolute Gasteiger partial charge is 0.271 e. The van der Waals surface area contributed by atoms with E-state index >= 15 is 0 Å². The maximum atomic E-state index is 12.3. The molecule has 0 fully saturated rings. The van der Waals surface area contributed by atoms with Crippen molar-refractivity contribution < 1.29 is 9.53 Å². The van der Waals surface area contributed by atoms with Crippen LogP contribution in [0.4, 0.5) is 0 Å². The van der Waals surface area contributed by atoms with E-state index in [1.807, 2.05) is 31.2 Å². The van der Waals surface area contributed by atoms with E-state index in [1.54, 1.807) is 42.5 Å². The van der Waals surface area contributed by atoms with Crippen LogP contribution >= 0.6 is 11.6 Å². The number of carbonyl (C=O) groups excluding carboxylic acids is 1. The molecule has 0 saturated carbocycles. The Labute approximate surface area is 174 Å². The predicted molar refractivity (Wildman–Crippen MR) is 113 cm³/mol. The summed E-state index contributed by atoms with van der Waals surface area (Å²) in [6, 6.07) is 21.7. The van der Waals surface area contributed by atoms with Gasteiger partial charge in [-0.25, -0.2) is 5.43 Å². The first-order valence-electron chi connectivity index (χ1n) is 8.87. The number of ether oxygens (including phenoxy) is 1. The molecule has 144 valence electrons. The lowest BCUT2D eigenvalue weighted by Crippen LogP contribution is -2.18. The van der Waals surface area contributed by atoms with Gasteiger partial charge in [-0.15, -0.1) is 0 Å². The molecule has 0 aliphatic carbocycles. The summed E-state index contributed by atoms with van der Waals surface area (Å²) in [4.78, 5) is 12.3. The van der Waals surface area contributed by atoms with Gasteiger partial charge in [0.05, 0.1) is 17.8 Å². The maximum Gasteiger partial charge on any atom is 0.271 e. The monoisotopic (exact) mass is 403 g/mol. The van der Waals surface area contributed by atoms with Crippen LogP contribution in [0.3, 0.4) is 0 Å². The molecule has 3 aromatic rings. The van der Waals surface area contributed by atoms with Crippen molar-refractivity contribution in [2.24, 2.45) is 5.10 Å². The van der Waals surface area contributed by atoms with Gasteiger partial charge in [-0.2, -0.15) is 10.4 Å². The van der Waals surface area contributed by atoms with Crippen LogP contribution in [0, 0.1) is 18.3 Å². The van der Waals surface area contributed by atoms with Gasteiger partial charge in [0.2, 0.25) is 0 Å². The number of nitrogens with one attached hydrogen (secondary N) is 1. The summed E-state index contributed by atoms with van der Waals surface area (Å²) in [6.07, 6.45) is 1.49. The Balaban J connectivity index is 1.71. The fourth-order valence-electron chi connectivity index (χ4n) is 2.69. The number of nitriles is 1. The van der Waals surface area contributed by atoms with Gasteiger partial charge in [-0.1, -0.05) is 41.9 Å². The van der Waals surface area contributed by atoms with Gasteiger partial charge in [0.25, 0.3) is 5.91 Å². The first-order chi connectivity index (χ1) is 14.1. The summed E-state index contributed by atoms with van der Waals surface area (Å²) in [5.74, 6) is 0.266. The van der Waals surface area contributed by atoms with E-state index in [9.17, 15) is 4.79 Å². The summed E-state index contributed by atoms with van der Waals surface area (Å²) in [5, 5.41) is 13.6. The minimum atomic E-state index is -0.294. The van der Waals surface area contributed by atoms with E-state index in [0.717, 1.165) is 11.1 Å². The quantitative estimate of drug-likeness (QED) is 0.471. The summed E-state index contributed by atoms with van der Waals surface area (Å²) in [7, 11) is 0. The molecular formula is C23H18ClN3O2. The Kier molecular flexibility index (Phi) is 6.62. The van der Waals surface area contributed by atoms with Crippen molar-refractivity contribution >= 4 is 23.7 Å². The van der Waals surface area contributed by atoms with E-state index in [-0.39, 0.29) is 12.5 Å². The Morgan fingerprint density at radius 1 is 1.17 bits per heavy atom. The number of hydrogen-bond donors (Lipinski definition) is 1. The van der Waals surface area contributed by atoms with Crippen LogP contribution in [-0.2, 0) is 6.61 Å². The van der Waals surface area contributed by atoms with Crippen molar-refractivity contribution in [2.45, 2.75) is 13.5 Å². The molecule has 3 aromatic carbocycles. The first kappa shape index (κ1) is 20.1. The van der Waals surface area contributed by atoms with Gasteiger partial charge < -0.3 is 4.74 Å². The molecule has 5 nitrogen and oxygen atoms in total. The van der Waals surface area contributed by atoms with E-state index in [0.29, 0.717) is 27.5 Å².